The minimum Gasteiger partial charge on any atom is -0.470 e. The maximum absolute atomic E-state index is 14.2. The van der Waals surface area contributed by atoms with E-state index in [-0.39, 0.29) is 18.0 Å². The van der Waals surface area contributed by atoms with Gasteiger partial charge in [0, 0.05) is 13.0 Å². The minimum atomic E-state index is -0.538. The van der Waals surface area contributed by atoms with Gasteiger partial charge in [0.15, 0.2) is 0 Å². The van der Waals surface area contributed by atoms with Crippen LogP contribution >= 0.6 is 11.6 Å². The van der Waals surface area contributed by atoms with Crippen molar-refractivity contribution in [2.75, 3.05) is 18.4 Å². The molecule has 2 heterocycles. The Kier molecular flexibility index (Phi) is 5.33. The number of benzene rings is 1. The maximum Gasteiger partial charge on any atom is 0.322 e. The van der Waals surface area contributed by atoms with Crippen molar-refractivity contribution in [2.45, 2.75) is 25.9 Å². The molecule has 1 fully saturated rings. The third-order valence-corrected chi connectivity index (χ3v) is 4.32. The van der Waals surface area contributed by atoms with Crippen LogP contribution in [0.5, 0.6) is 5.88 Å². The van der Waals surface area contributed by atoms with Crippen molar-refractivity contribution in [2.24, 2.45) is 0 Å². The summed E-state index contributed by atoms with van der Waals surface area (Å²) < 4.78 is 19.8. The Morgan fingerprint density at radius 3 is 3.00 bits per heavy atom. The van der Waals surface area contributed by atoms with Gasteiger partial charge >= 0.3 is 6.03 Å². The Bertz CT molecular complexity index is 774. The molecule has 132 valence electrons. The zero-order chi connectivity index (χ0) is 17.8. The Labute approximate surface area is 150 Å². The maximum atomic E-state index is 14.2. The van der Waals surface area contributed by atoms with E-state index in [1.165, 1.54) is 6.33 Å². The van der Waals surface area contributed by atoms with Crippen molar-refractivity contribution in [1.82, 2.24) is 14.9 Å². The van der Waals surface area contributed by atoms with Gasteiger partial charge in [-0.15, -0.1) is 0 Å². The van der Waals surface area contributed by atoms with Crippen LogP contribution < -0.4 is 10.1 Å². The van der Waals surface area contributed by atoms with Gasteiger partial charge in [-0.3, -0.25) is 0 Å². The van der Waals surface area contributed by atoms with Crippen LogP contribution in [0.25, 0.3) is 0 Å². The Morgan fingerprint density at radius 2 is 2.24 bits per heavy atom. The van der Waals surface area contributed by atoms with Gasteiger partial charge in [-0.25, -0.2) is 9.78 Å². The van der Waals surface area contributed by atoms with Gasteiger partial charge in [0.25, 0.3) is 5.88 Å². The summed E-state index contributed by atoms with van der Waals surface area (Å²) in [4.78, 5) is 21.7. The molecule has 0 saturated carbocycles. The lowest BCUT2D eigenvalue weighted by atomic mass is 10.3. The molecule has 6 nitrogen and oxygen atoms in total. The van der Waals surface area contributed by atoms with Gasteiger partial charge in [0.05, 0.1) is 22.9 Å². The predicted octanol–water partition coefficient (Wildman–Crippen LogP) is 3.52. The monoisotopic (exact) mass is 364 g/mol. The van der Waals surface area contributed by atoms with E-state index in [9.17, 15) is 9.18 Å². The van der Waals surface area contributed by atoms with Crippen molar-refractivity contribution >= 4 is 23.3 Å². The van der Waals surface area contributed by atoms with E-state index in [1.807, 2.05) is 6.92 Å². The molecular formula is C17H18ClFN4O2. The van der Waals surface area contributed by atoms with Crippen LogP contribution in [0.15, 0.2) is 30.6 Å². The quantitative estimate of drug-likeness (QED) is 0.901. The molecule has 1 atom stereocenters. The van der Waals surface area contributed by atoms with Gasteiger partial charge in [-0.1, -0.05) is 30.7 Å². The number of carbonyl (C=O) groups is 1. The van der Waals surface area contributed by atoms with E-state index in [0.29, 0.717) is 42.3 Å². The smallest absolute Gasteiger partial charge is 0.322 e. The molecule has 8 heteroatoms. The van der Waals surface area contributed by atoms with E-state index in [2.05, 4.69) is 15.3 Å². The number of amides is 2. The molecule has 0 bridgehead atoms. The number of ether oxygens (including phenoxy) is 1. The second-order valence-electron chi connectivity index (χ2n) is 5.68. The van der Waals surface area contributed by atoms with Crippen molar-refractivity contribution in [1.29, 1.82) is 0 Å². The first-order valence-electron chi connectivity index (χ1n) is 8.05. The summed E-state index contributed by atoms with van der Waals surface area (Å²) in [6.45, 7) is 2.67. The Balaban J connectivity index is 1.60. The molecule has 1 unspecified atom stereocenters. The number of nitrogens with zero attached hydrogens (tertiary/aromatic N) is 3. The summed E-state index contributed by atoms with van der Waals surface area (Å²) in [7, 11) is 0. The molecule has 2 aromatic rings. The first-order chi connectivity index (χ1) is 12.1. The number of halogens is 2. The third kappa shape index (κ3) is 3.99. The lowest BCUT2D eigenvalue weighted by Gasteiger charge is -2.18. The fourth-order valence-electron chi connectivity index (χ4n) is 2.64. The molecule has 1 N–H and O–H groups in total. The summed E-state index contributed by atoms with van der Waals surface area (Å²) in [5, 5.41) is 3.24. The zero-order valence-electron chi connectivity index (χ0n) is 13.7. The Morgan fingerprint density at radius 1 is 1.44 bits per heavy atom. The van der Waals surface area contributed by atoms with Crippen LogP contribution in [0.1, 0.15) is 19.0 Å². The van der Waals surface area contributed by atoms with Gasteiger partial charge in [-0.2, -0.15) is 9.37 Å². The molecular weight excluding hydrogens is 347 g/mol. The molecule has 1 aliphatic heterocycles. The number of para-hydroxylation sites is 1. The summed E-state index contributed by atoms with van der Waals surface area (Å²) in [5.74, 6) is -0.603. The number of nitrogens with one attached hydrogen (secondary N) is 1. The van der Waals surface area contributed by atoms with Crippen LogP contribution in [0.2, 0.25) is 5.02 Å². The SMILES string of the molecule is CCc1ncnc(OC2CCN(C(=O)Nc3ccccc3Cl)C2)c1F. The number of hydrogen-bond acceptors (Lipinski definition) is 4. The highest BCUT2D eigenvalue weighted by Crippen LogP contribution is 2.23. The number of hydrogen-bond donors (Lipinski definition) is 1. The van der Waals surface area contributed by atoms with E-state index < -0.39 is 5.82 Å². The van der Waals surface area contributed by atoms with Gasteiger partial charge < -0.3 is 15.0 Å². The summed E-state index contributed by atoms with van der Waals surface area (Å²) in [5.41, 5.74) is 0.865. The summed E-state index contributed by atoms with van der Waals surface area (Å²) >= 11 is 6.04. The lowest BCUT2D eigenvalue weighted by molar-refractivity contribution is 0.182. The standard InChI is InChI=1S/C17H18ClFN4O2/c1-2-13-15(19)16(21-10-20-13)25-11-7-8-23(9-11)17(24)22-14-6-4-3-5-12(14)18/h3-6,10-11H,2,7-9H2,1H3,(H,22,24). The number of aryl methyl sites for hydroxylation is 1. The second kappa shape index (κ2) is 7.65. The molecule has 0 spiro atoms. The molecule has 3 rings (SSSR count). The van der Waals surface area contributed by atoms with E-state index in [4.69, 9.17) is 16.3 Å². The van der Waals surface area contributed by atoms with Crippen molar-refractivity contribution < 1.29 is 13.9 Å². The Hall–Kier alpha value is -2.41. The van der Waals surface area contributed by atoms with E-state index in [1.54, 1.807) is 29.2 Å². The molecule has 0 radical (unpaired) electrons. The normalized spacial score (nSPS) is 16.8. The molecule has 1 aromatic carbocycles. The second-order valence-corrected chi connectivity index (χ2v) is 6.08. The van der Waals surface area contributed by atoms with Crippen LogP contribution in [0.4, 0.5) is 14.9 Å². The number of rotatable bonds is 4. The molecule has 25 heavy (non-hydrogen) atoms. The van der Waals surface area contributed by atoms with Crippen LogP contribution in [-0.4, -0.2) is 40.1 Å². The lowest BCUT2D eigenvalue weighted by Crippen LogP contribution is -2.34. The van der Waals surface area contributed by atoms with Gasteiger partial charge in [0.1, 0.15) is 12.4 Å². The largest absolute Gasteiger partial charge is 0.470 e. The number of likely N-dealkylation sites (tertiary alicyclic amines) is 1. The van der Waals surface area contributed by atoms with Crippen molar-refractivity contribution in [3.05, 3.63) is 47.1 Å². The third-order valence-electron chi connectivity index (χ3n) is 3.99. The van der Waals surface area contributed by atoms with Crippen molar-refractivity contribution in [3.8, 4) is 5.88 Å². The molecule has 1 saturated heterocycles. The highest BCUT2D eigenvalue weighted by Gasteiger charge is 2.29. The summed E-state index contributed by atoms with van der Waals surface area (Å²) in [6.07, 6.45) is 2.03. The molecule has 0 aliphatic carbocycles. The van der Waals surface area contributed by atoms with Crippen LogP contribution in [0, 0.1) is 5.82 Å². The number of carbonyl (C=O) groups excluding carboxylic acids is 1. The first-order valence-corrected chi connectivity index (χ1v) is 8.42. The van der Waals surface area contributed by atoms with Gasteiger partial charge in [-0.05, 0) is 18.6 Å². The van der Waals surface area contributed by atoms with E-state index >= 15 is 0 Å². The molecule has 2 amide bonds. The number of urea groups is 1. The average Bonchev–Trinajstić information content (AvgIpc) is 3.07. The fourth-order valence-corrected chi connectivity index (χ4v) is 2.82. The highest BCUT2D eigenvalue weighted by atomic mass is 35.5. The van der Waals surface area contributed by atoms with Gasteiger partial charge in [0.2, 0.25) is 5.82 Å². The first kappa shape index (κ1) is 17.4. The van der Waals surface area contributed by atoms with Crippen molar-refractivity contribution in [3.63, 3.8) is 0 Å². The molecule has 1 aromatic heterocycles. The topological polar surface area (TPSA) is 67.4 Å². The average molecular weight is 365 g/mol. The number of anilines is 1. The highest BCUT2D eigenvalue weighted by molar-refractivity contribution is 6.33. The predicted molar refractivity (Wildman–Crippen MR) is 92.4 cm³/mol. The zero-order valence-corrected chi connectivity index (χ0v) is 14.5. The molecule has 1 aliphatic rings. The number of aromatic nitrogens is 2. The fraction of sp³-hybridized carbons (Fsp3) is 0.353. The van der Waals surface area contributed by atoms with Crippen LogP contribution in [0.3, 0.4) is 0 Å². The van der Waals surface area contributed by atoms with Crippen LogP contribution in [-0.2, 0) is 6.42 Å². The summed E-state index contributed by atoms with van der Waals surface area (Å²) in [6, 6.07) is 6.75. The van der Waals surface area contributed by atoms with E-state index in [0.717, 1.165) is 0 Å². The minimum absolute atomic E-state index is 0.0646.